The number of ketones is 1. The highest BCUT2D eigenvalue weighted by molar-refractivity contribution is 9.10. The molecule has 0 amide bonds. The molecular formula is C17H12BrNO. The van der Waals surface area contributed by atoms with Crippen molar-refractivity contribution in [3.8, 4) is 0 Å². The lowest BCUT2D eigenvalue weighted by atomic mass is 9.99. The van der Waals surface area contributed by atoms with E-state index in [0.29, 0.717) is 11.1 Å². The third kappa shape index (κ3) is 2.25. The third-order valence-corrected chi connectivity index (χ3v) is 4.22. The molecule has 20 heavy (non-hydrogen) atoms. The number of pyridine rings is 1. The van der Waals surface area contributed by atoms with Crippen molar-refractivity contribution in [2.75, 3.05) is 0 Å². The minimum absolute atomic E-state index is 0.00190. The Morgan fingerprint density at radius 1 is 1.10 bits per heavy atom. The smallest absolute Gasteiger partial charge is 0.194 e. The molecule has 3 heteroatoms. The lowest BCUT2D eigenvalue weighted by Crippen LogP contribution is -2.04. The van der Waals surface area contributed by atoms with Gasteiger partial charge in [0.15, 0.2) is 5.78 Å². The van der Waals surface area contributed by atoms with E-state index in [1.54, 1.807) is 6.20 Å². The summed E-state index contributed by atoms with van der Waals surface area (Å²) in [6.45, 7) is 1.94. The van der Waals surface area contributed by atoms with E-state index in [2.05, 4.69) is 20.9 Å². The second-order valence-electron chi connectivity index (χ2n) is 4.66. The molecule has 0 N–H and O–H groups in total. The van der Waals surface area contributed by atoms with Gasteiger partial charge in [-0.3, -0.25) is 9.78 Å². The standard InChI is InChI=1S/C17H12BrNO/c1-11-14(6-4-7-15(11)18)17(20)13-9-12-5-2-3-8-16(12)19-10-13/h2-10H,1H3. The van der Waals surface area contributed by atoms with Crippen LogP contribution in [-0.4, -0.2) is 10.8 Å². The maximum atomic E-state index is 12.6. The summed E-state index contributed by atoms with van der Waals surface area (Å²) in [5.74, 6) is 0.00190. The number of nitrogens with zero attached hydrogens (tertiary/aromatic N) is 1. The van der Waals surface area contributed by atoms with Crippen molar-refractivity contribution >= 4 is 32.6 Å². The van der Waals surface area contributed by atoms with Crippen molar-refractivity contribution in [1.82, 2.24) is 4.98 Å². The predicted molar refractivity (Wildman–Crippen MR) is 84.1 cm³/mol. The average Bonchev–Trinajstić information content (AvgIpc) is 2.49. The molecule has 0 bridgehead atoms. The molecule has 0 saturated carbocycles. The number of hydrogen-bond acceptors (Lipinski definition) is 2. The minimum Gasteiger partial charge on any atom is -0.289 e. The Kier molecular flexibility index (Phi) is 3.36. The molecule has 0 saturated heterocycles. The van der Waals surface area contributed by atoms with Crippen molar-refractivity contribution in [3.05, 3.63) is 75.9 Å². The number of carbonyl (C=O) groups is 1. The normalized spacial score (nSPS) is 10.7. The van der Waals surface area contributed by atoms with Crippen molar-refractivity contribution in [2.45, 2.75) is 6.92 Å². The molecule has 0 aliphatic carbocycles. The largest absolute Gasteiger partial charge is 0.289 e. The molecular weight excluding hydrogens is 314 g/mol. The second kappa shape index (κ2) is 5.17. The Hall–Kier alpha value is -2.00. The summed E-state index contributed by atoms with van der Waals surface area (Å²) in [6.07, 6.45) is 1.64. The Balaban J connectivity index is 2.10. The van der Waals surface area contributed by atoms with Crippen molar-refractivity contribution in [3.63, 3.8) is 0 Å². The highest BCUT2D eigenvalue weighted by Crippen LogP contribution is 2.23. The summed E-state index contributed by atoms with van der Waals surface area (Å²) < 4.78 is 0.942. The molecule has 0 atom stereocenters. The fraction of sp³-hybridized carbons (Fsp3) is 0.0588. The Bertz CT molecular complexity index is 811. The molecule has 0 radical (unpaired) electrons. The van der Waals surface area contributed by atoms with Gasteiger partial charge in [-0.1, -0.05) is 46.3 Å². The highest BCUT2D eigenvalue weighted by Gasteiger charge is 2.13. The van der Waals surface area contributed by atoms with Gasteiger partial charge in [0.25, 0.3) is 0 Å². The van der Waals surface area contributed by atoms with E-state index in [0.717, 1.165) is 20.9 Å². The lowest BCUT2D eigenvalue weighted by Gasteiger charge is -2.07. The van der Waals surface area contributed by atoms with Crippen LogP contribution in [0, 0.1) is 6.92 Å². The molecule has 3 rings (SSSR count). The van der Waals surface area contributed by atoms with Gasteiger partial charge in [-0.05, 0) is 30.7 Å². The zero-order valence-electron chi connectivity index (χ0n) is 10.9. The Morgan fingerprint density at radius 3 is 2.75 bits per heavy atom. The molecule has 0 aliphatic rings. The van der Waals surface area contributed by atoms with Crippen LogP contribution in [0.5, 0.6) is 0 Å². The summed E-state index contributed by atoms with van der Waals surface area (Å²) in [4.78, 5) is 16.9. The zero-order chi connectivity index (χ0) is 14.1. The van der Waals surface area contributed by atoms with Crippen LogP contribution in [0.2, 0.25) is 0 Å². The number of rotatable bonds is 2. The third-order valence-electron chi connectivity index (χ3n) is 3.36. The maximum Gasteiger partial charge on any atom is 0.194 e. The van der Waals surface area contributed by atoms with E-state index in [4.69, 9.17) is 0 Å². The monoisotopic (exact) mass is 325 g/mol. The van der Waals surface area contributed by atoms with Gasteiger partial charge < -0.3 is 0 Å². The number of halogens is 1. The predicted octanol–water partition coefficient (Wildman–Crippen LogP) is 4.54. The van der Waals surface area contributed by atoms with Crippen LogP contribution in [0.1, 0.15) is 21.5 Å². The van der Waals surface area contributed by atoms with E-state index in [-0.39, 0.29) is 5.78 Å². The number of fused-ring (bicyclic) bond motifs is 1. The van der Waals surface area contributed by atoms with Crippen molar-refractivity contribution < 1.29 is 4.79 Å². The van der Waals surface area contributed by atoms with E-state index >= 15 is 0 Å². The van der Waals surface area contributed by atoms with Crippen LogP contribution >= 0.6 is 15.9 Å². The summed E-state index contributed by atoms with van der Waals surface area (Å²) in [5.41, 5.74) is 3.17. The summed E-state index contributed by atoms with van der Waals surface area (Å²) in [7, 11) is 0. The van der Waals surface area contributed by atoms with Crippen molar-refractivity contribution in [2.24, 2.45) is 0 Å². The molecule has 0 unspecified atom stereocenters. The molecule has 3 aromatic rings. The van der Waals surface area contributed by atoms with Crippen LogP contribution in [0.4, 0.5) is 0 Å². The Labute approximate surface area is 125 Å². The summed E-state index contributed by atoms with van der Waals surface area (Å²) >= 11 is 3.46. The molecule has 0 fully saturated rings. The van der Waals surface area contributed by atoms with Crippen LogP contribution in [0.3, 0.4) is 0 Å². The first kappa shape index (κ1) is 13.0. The van der Waals surface area contributed by atoms with E-state index in [1.165, 1.54) is 0 Å². The van der Waals surface area contributed by atoms with Gasteiger partial charge in [0.2, 0.25) is 0 Å². The topological polar surface area (TPSA) is 30.0 Å². The SMILES string of the molecule is Cc1c(Br)cccc1C(=O)c1cnc2ccccc2c1. The number of para-hydroxylation sites is 1. The van der Waals surface area contributed by atoms with Gasteiger partial charge in [0, 0.05) is 27.2 Å². The van der Waals surface area contributed by atoms with Crippen molar-refractivity contribution in [1.29, 1.82) is 0 Å². The molecule has 0 spiro atoms. The molecule has 1 heterocycles. The number of aromatic nitrogens is 1. The van der Waals surface area contributed by atoms with Gasteiger partial charge in [-0.2, -0.15) is 0 Å². The molecule has 1 aromatic heterocycles. The molecule has 98 valence electrons. The van der Waals surface area contributed by atoms with Gasteiger partial charge >= 0.3 is 0 Å². The first-order valence-electron chi connectivity index (χ1n) is 6.31. The van der Waals surface area contributed by atoms with Crippen LogP contribution in [0.15, 0.2) is 59.2 Å². The molecule has 2 aromatic carbocycles. The van der Waals surface area contributed by atoms with Crippen LogP contribution in [0.25, 0.3) is 10.9 Å². The van der Waals surface area contributed by atoms with E-state index < -0.39 is 0 Å². The van der Waals surface area contributed by atoms with Crippen LogP contribution in [-0.2, 0) is 0 Å². The van der Waals surface area contributed by atoms with E-state index in [1.807, 2.05) is 55.5 Å². The fourth-order valence-corrected chi connectivity index (χ4v) is 2.57. The Morgan fingerprint density at radius 2 is 1.90 bits per heavy atom. The average molecular weight is 326 g/mol. The number of carbonyl (C=O) groups excluding carboxylic acids is 1. The number of benzene rings is 2. The van der Waals surface area contributed by atoms with Gasteiger partial charge in [-0.25, -0.2) is 0 Å². The second-order valence-corrected chi connectivity index (χ2v) is 5.51. The first-order valence-corrected chi connectivity index (χ1v) is 7.11. The lowest BCUT2D eigenvalue weighted by molar-refractivity contribution is 0.103. The maximum absolute atomic E-state index is 12.6. The quantitative estimate of drug-likeness (QED) is 0.647. The molecule has 0 aliphatic heterocycles. The molecule has 2 nitrogen and oxygen atoms in total. The van der Waals surface area contributed by atoms with E-state index in [9.17, 15) is 4.79 Å². The first-order chi connectivity index (χ1) is 9.66. The highest BCUT2D eigenvalue weighted by atomic mass is 79.9. The van der Waals surface area contributed by atoms with Gasteiger partial charge in [0.05, 0.1) is 5.52 Å². The van der Waals surface area contributed by atoms with Gasteiger partial charge in [0.1, 0.15) is 0 Å². The number of hydrogen-bond donors (Lipinski definition) is 0. The summed E-state index contributed by atoms with van der Waals surface area (Å²) in [6, 6.07) is 15.3. The minimum atomic E-state index is 0.00190. The summed E-state index contributed by atoms with van der Waals surface area (Å²) in [5, 5.41) is 0.978. The van der Waals surface area contributed by atoms with Gasteiger partial charge in [-0.15, -0.1) is 0 Å². The van der Waals surface area contributed by atoms with Crippen LogP contribution < -0.4 is 0 Å². The zero-order valence-corrected chi connectivity index (χ0v) is 12.5. The fourth-order valence-electron chi connectivity index (χ4n) is 2.20.